The molecule has 0 saturated heterocycles. The Balaban J connectivity index is 0.000000180. The van der Waals surface area contributed by atoms with Crippen LogP contribution in [0.15, 0.2) is 33.8 Å². The Labute approximate surface area is 114 Å². The fourth-order valence-electron chi connectivity index (χ4n) is 1.27. The van der Waals surface area contributed by atoms with Gasteiger partial charge in [0.2, 0.25) is 0 Å². The predicted molar refractivity (Wildman–Crippen MR) is 78.2 cm³/mol. The van der Waals surface area contributed by atoms with E-state index in [-0.39, 0.29) is 5.41 Å². The van der Waals surface area contributed by atoms with Crippen molar-refractivity contribution in [1.82, 2.24) is 5.16 Å². The monoisotopic (exact) mass is 265 g/mol. The molecule has 2 rings (SSSR count). The number of nitrogens with zero attached hydrogens (tertiary/aromatic N) is 1. The van der Waals surface area contributed by atoms with Crippen LogP contribution in [0.3, 0.4) is 0 Å². The fraction of sp³-hybridized carbons (Fsp3) is 0.533. The highest BCUT2D eigenvalue weighted by Gasteiger charge is 2.14. The molecule has 0 radical (unpaired) electrons. The number of hydrogen-bond acceptors (Lipinski definition) is 3. The summed E-state index contributed by atoms with van der Waals surface area (Å²) in [6, 6.07) is 2.19. The molecule has 0 spiro atoms. The van der Waals surface area contributed by atoms with E-state index in [1.807, 2.05) is 0 Å². The molecular formula is C15H23NOS. The summed E-state index contributed by atoms with van der Waals surface area (Å²) in [4.78, 5) is 0. The van der Waals surface area contributed by atoms with Crippen molar-refractivity contribution in [3.63, 3.8) is 0 Å². The van der Waals surface area contributed by atoms with Crippen LogP contribution in [-0.2, 0) is 10.8 Å². The van der Waals surface area contributed by atoms with Crippen LogP contribution in [0.1, 0.15) is 52.7 Å². The van der Waals surface area contributed by atoms with Gasteiger partial charge in [-0.15, -0.1) is 0 Å². The van der Waals surface area contributed by atoms with Gasteiger partial charge in [0, 0.05) is 5.56 Å². The summed E-state index contributed by atoms with van der Waals surface area (Å²) < 4.78 is 4.69. The van der Waals surface area contributed by atoms with Crippen LogP contribution >= 0.6 is 11.3 Å². The second-order valence-electron chi connectivity index (χ2n) is 6.43. The molecule has 2 aromatic heterocycles. The maximum Gasteiger partial charge on any atom is 0.127 e. The Hall–Kier alpha value is -1.09. The van der Waals surface area contributed by atoms with Gasteiger partial charge in [-0.3, -0.25) is 0 Å². The molecular weight excluding hydrogens is 242 g/mol. The van der Waals surface area contributed by atoms with Gasteiger partial charge in [-0.2, -0.15) is 11.3 Å². The summed E-state index contributed by atoms with van der Waals surface area (Å²) in [5.74, 6) is 0. The van der Waals surface area contributed by atoms with E-state index in [0.29, 0.717) is 5.41 Å². The minimum atomic E-state index is 0.167. The lowest BCUT2D eigenvalue weighted by Crippen LogP contribution is -2.08. The first kappa shape index (κ1) is 15.0. The van der Waals surface area contributed by atoms with E-state index in [4.69, 9.17) is 4.52 Å². The van der Waals surface area contributed by atoms with Crippen LogP contribution in [0.5, 0.6) is 0 Å². The average molecular weight is 265 g/mol. The molecule has 2 heterocycles. The molecule has 18 heavy (non-hydrogen) atoms. The molecule has 0 amide bonds. The molecule has 0 atom stereocenters. The first-order valence-electron chi connectivity index (χ1n) is 6.14. The number of thiophene rings is 1. The van der Waals surface area contributed by atoms with Crippen molar-refractivity contribution in [2.45, 2.75) is 52.4 Å². The molecule has 0 unspecified atom stereocenters. The molecule has 100 valence electrons. The fourth-order valence-corrected chi connectivity index (χ4v) is 2.15. The third-order valence-corrected chi connectivity index (χ3v) is 3.37. The van der Waals surface area contributed by atoms with Crippen LogP contribution < -0.4 is 0 Å². The molecule has 2 aromatic rings. The quantitative estimate of drug-likeness (QED) is 0.668. The van der Waals surface area contributed by atoms with Gasteiger partial charge in [-0.1, -0.05) is 46.7 Å². The molecule has 0 bridgehead atoms. The van der Waals surface area contributed by atoms with Crippen LogP contribution in [0.4, 0.5) is 0 Å². The van der Waals surface area contributed by atoms with Gasteiger partial charge in [0.25, 0.3) is 0 Å². The van der Waals surface area contributed by atoms with Gasteiger partial charge in [0.1, 0.15) is 6.26 Å². The van der Waals surface area contributed by atoms with Crippen LogP contribution in [0.2, 0.25) is 0 Å². The molecule has 2 nitrogen and oxygen atoms in total. The van der Waals surface area contributed by atoms with E-state index in [1.54, 1.807) is 23.8 Å². The van der Waals surface area contributed by atoms with E-state index >= 15 is 0 Å². The molecule has 0 saturated carbocycles. The Morgan fingerprint density at radius 3 is 1.83 bits per heavy atom. The normalized spacial score (nSPS) is 11.9. The lowest BCUT2D eigenvalue weighted by molar-refractivity contribution is 0.416. The van der Waals surface area contributed by atoms with Gasteiger partial charge < -0.3 is 4.52 Å². The van der Waals surface area contributed by atoms with Crippen molar-refractivity contribution in [2.75, 3.05) is 0 Å². The highest BCUT2D eigenvalue weighted by atomic mass is 32.1. The summed E-state index contributed by atoms with van der Waals surface area (Å²) >= 11 is 1.77. The standard InChI is InChI=1S/C8H12S.C7H11NO/c1-8(2,3)7-4-5-9-6-7;1-7(2,3)6-4-8-9-5-6/h4-6H,1-3H3;4-5H,1-3H3. The smallest absolute Gasteiger partial charge is 0.127 e. The van der Waals surface area contributed by atoms with Crippen LogP contribution in [0, 0.1) is 0 Å². The summed E-state index contributed by atoms with van der Waals surface area (Å²) in [5, 5.41) is 7.95. The minimum Gasteiger partial charge on any atom is -0.364 e. The number of hydrogen-bond donors (Lipinski definition) is 0. The third kappa shape index (κ3) is 4.65. The van der Waals surface area contributed by atoms with Crippen molar-refractivity contribution in [3.8, 4) is 0 Å². The number of rotatable bonds is 0. The van der Waals surface area contributed by atoms with Gasteiger partial charge >= 0.3 is 0 Å². The highest BCUT2D eigenvalue weighted by molar-refractivity contribution is 7.08. The van der Waals surface area contributed by atoms with E-state index in [9.17, 15) is 0 Å². The van der Waals surface area contributed by atoms with Gasteiger partial charge in [-0.25, -0.2) is 0 Å². The second kappa shape index (κ2) is 5.70. The summed E-state index contributed by atoms with van der Waals surface area (Å²) in [7, 11) is 0. The van der Waals surface area contributed by atoms with E-state index in [2.05, 4.69) is 63.5 Å². The lowest BCUT2D eigenvalue weighted by atomic mass is 9.90. The zero-order valence-corrected chi connectivity index (χ0v) is 13.0. The van der Waals surface area contributed by atoms with Crippen molar-refractivity contribution in [1.29, 1.82) is 0 Å². The topological polar surface area (TPSA) is 26.0 Å². The van der Waals surface area contributed by atoms with E-state index in [1.165, 1.54) is 5.56 Å². The lowest BCUT2D eigenvalue weighted by Gasteiger charge is -2.15. The highest BCUT2D eigenvalue weighted by Crippen LogP contribution is 2.23. The molecule has 3 heteroatoms. The predicted octanol–water partition coefficient (Wildman–Crippen LogP) is 5.02. The molecule has 0 N–H and O–H groups in total. The number of aromatic nitrogens is 1. The Kier molecular flexibility index (Phi) is 4.74. The molecule has 0 aliphatic rings. The Bertz CT molecular complexity index is 386. The summed E-state index contributed by atoms with van der Waals surface area (Å²) in [6.07, 6.45) is 3.43. The van der Waals surface area contributed by atoms with Crippen molar-refractivity contribution in [2.24, 2.45) is 0 Å². The van der Waals surface area contributed by atoms with Crippen molar-refractivity contribution < 1.29 is 4.52 Å². The van der Waals surface area contributed by atoms with Crippen molar-refractivity contribution >= 4 is 11.3 Å². The molecule has 0 aliphatic carbocycles. The molecule has 0 fully saturated rings. The van der Waals surface area contributed by atoms with E-state index < -0.39 is 0 Å². The SMILES string of the molecule is CC(C)(C)c1ccsc1.CC(C)(C)c1cnoc1. The second-order valence-corrected chi connectivity index (χ2v) is 7.21. The van der Waals surface area contributed by atoms with E-state index in [0.717, 1.165) is 5.56 Å². The van der Waals surface area contributed by atoms with Gasteiger partial charge in [-0.05, 0) is 33.2 Å². The molecule has 0 aromatic carbocycles. The Morgan fingerprint density at radius 2 is 1.61 bits per heavy atom. The maximum atomic E-state index is 4.69. The van der Waals surface area contributed by atoms with Crippen LogP contribution in [-0.4, -0.2) is 5.16 Å². The first-order valence-corrected chi connectivity index (χ1v) is 7.08. The third-order valence-electron chi connectivity index (χ3n) is 2.69. The maximum absolute atomic E-state index is 4.69. The first-order chi connectivity index (χ1) is 8.21. The van der Waals surface area contributed by atoms with Gasteiger partial charge in [0.15, 0.2) is 0 Å². The molecule has 0 aliphatic heterocycles. The van der Waals surface area contributed by atoms with Crippen LogP contribution in [0.25, 0.3) is 0 Å². The Morgan fingerprint density at radius 1 is 1.00 bits per heavy atom. The zero-order valence-electron chi connectivity index (χ0n) is 12.2. The minimum absolute atomic E-state index is 0.167. The van der Waals surface area contributed by atoms with Crippen molar-refractivity contribution in [3.05, 3.63) is 40.4 Å². The van der Waals surface area contributed by atoms with Gasteiger partial charge in [0.05, 0.1) is 6.20 Å². The largest absolute Gasteiger partial charge is 0.364 e. The zero-order chi connectivity index (χ0) is 13.8. The summed E-state index contributed by atoms with van der Waals surface area (Å²) in [6.45, 7) is 13.1. The summed E-state index contributed by atoms with van der Waals surface area (Å²) in [5.41, 5.74) is 3.08. The average Bonchev–Trinajstić information content (AvgIpc) is 2.91.